The van der Waals surface area contributed by atoms with Crippen LogP contribution >= 0.6 is 0 Å². The first-order chi connectivity index (χ1) is 6.65. The van der Waals surface area contributed by atoms with Crippen molar-refractivity contribution >= 4 is 11.6 Å². The van der Waals surface area contributed by atoms with Crippen LogP contribution < -0.4 is 0 Å². The van der Waals surface area contributed by atoms with Gasteiger partial charge in [-0.25, -0.2) is 0 Å². The lowest BCUT2D eigenvalue weighted by Crippen LogP contribution is -2.04. The van der Waals surface area contributed by atoms with Crippen LogP contribution in [0.5, 0.6) is 0 Å². The van der Waals surface area contributed by atoms with Crippen molar-refractivity contribution in [1.82, 2.24) is 0 Å². The van der Waals surface area contributed by atoms with E-state index in [1.807, 2.05) is 19.1 Å². The summed E-state index contributed by atoms with van der Waals surface area (Å²) >= 11 is 0. The van der Waals surface area contributed by atoms with Gasteiger partial charge >= 0.3 is 0 Å². The van der Waals surface area contributed by atoms with Gasteiger partial charge < -0.3 is 10.1 Å². The minimum absolute atomic E-state index is 0.182. The quantitative estimate of drug-likeness (QED) is 0.558. The molecule has 0 spiro atoms. The Balaban J connectivity index is 2.83. The lowest BCUT2D eigenvalue weighted by molar-refractivity contribution is 0.325. The van der Waals surface area contributed by atoms with Crippen LogP contribution in [-0.2, 0) is 4.74 Å². The summed E-state index contributed by atoms with van der Waals surface area (Å²) in [5.74, 6) is 0.182. The van der Waals surface area contributed by atoms with Gasteiger partial charge in [-0.1, -0.05) is 12.1 Å². The fourth-order valence-corrected chi connectivity index (χ4v) is 1.10. The van der Waals surface area contributed by atoms with E-state index in [9.17, 15) is 0 Å². The first-order valence-electron chi connectivity index (χ1n) is 4.52. The molecule has 0 atom stereocenters. The zero-order chi connectivity index (χ0) is 10.6. The predicted molar refractivity (Wildman–Crippen MR) is 57.4 cm³/mol. The van der Waals surface area contributed by atoms with E-state index < -0.39 is 0 Å². The van der Waals surface area contributed by atoms with Gasteiger partial charge in [-0.15, -0.1) is 0 Å². The molecule has 0 unspecified atom stereocenters. The molecule has 0 heterocycles. The van der Waals surface area contributed by atoms with Crippen LogP contribution in [0.15, 0.2) is 24.3 Å². The van der Waals surface area contributed by atoms with Crippen LogP contribution in [0.25, 0.3) is 0 Å². The molecule has 1 aromatic rings. The van der Waals surface area contributed by atoms with Crippen LogP contribution in [0.3, 0.4) is 0 Å². The van der Waals surface area contributed by atoms with E-state index in [4.69, 9.17) is 15.6 Å². The van der Waals surface area contributed by atoms with Crippen molar-refractivity contribution < 1.29 is 4.74 Å². The van der Waals surface area contributed by atoms with Gasteiger partial charge in [0.2, 0.25) is 5.90 Å². The Kier molecular flexibility index (Phi) is 3.40. The zero-order valence-corrected chi connectivity index (χ0v) is 8.42. The highest BCUT2D eigenvalue weighted by Gasteiger charge is 2.01. The largest absolute Gasteiger partial charge is 0.478 e. The summed E-state index contributed by atoms with van der Waals surface area (Å²) in [7, 11) is 0. The SMILES string of the molecule is CCOC(=N)c1ccc(C(C)=N)cc1. The van der Waals surface area contributed by atoms with Gasteiger partial charge in [0.1, 0.15) is 0 Å². The molecule has 0 aliphatic rings. The third-order valence-corrected chi connectivity index (χ3v) is 1.87. The summed E-state index contributed by atoms with van der Waals surface area (Å²) in [5, 5.41) is 14.9. The lowest BCUT2D eigenvalue weighted by atomic mass is 10.1. The number of rotatable bonds is 3. The molecule has 0 amide bonds. The van der Waals surface area contributed by atoms with Crippen molar-refractivity contribution in [3.8, 4) is 0 Å². The Morgan fingerprint density at radius 1 is 1.14 bits per heavy atom. The summed E-state index contributed by atoms with van der Waals surface area (Å²) in [6, 6.07) is 7.24. The molecule has 14 heavy (non-hydrogen) atoms. The van der Waals surface area contributed by atoms with E-state index in [0.717, 1.165) is 11.1 Å². The highest BCUT2D eigenvalue weighted by Crippen LogP contribution is 2.06. The molecule has 0 aliphatic heterocycles. The van der Waals surface area contributed by atoms with E-state index in [2.05, 4.69) is 0 Å². The van der Waals surface area contributed by atoms with Crippen molar-refractivity contribution in [2.45, 2.75) is 13.8 Å². The molecule has 0 saturated heterocycles. The molecule has 74 valence electrons. The van der Waals surface area contributed by atoms with Crippen molar-refractivity contribution in [2.24, 2.45) is 0 Å². The van der Waals surface area contributed by atoms with Crippen LogP contribution in [0, 0.1) is 10.8 Å². The van der Waals surface area contributed by atoms with Crippen LogP contribution in [0.4, 0.5) is 0 Å². The van der Waals surface area contributed by atoms with Crippen molar-refractivity contribution in [1.29, 1.82) is 10.8 Å². The smallest absolute Gasteiger partial charge is 0.213 e. The average molecular weight is 190 g/mol. The first kappa shape index (κ1) is 10.4. The maximum absolute atomic E-state index is 7.53. The van der Waals surface area contributed by atoms with E-state index >= 15 is 0 Å². The second-order valence-corrected chi connectivity index (χ2v) is 2.96. The minimum atomic E-state index is 0.182. The molecule has 0 aromatic heterocycles. The van der Waals surface area contributed by atoms with Gasteiger partial charge in [0.05, 0.1) is 6.61 Å². The minimum Gasteiger partial charge on any atom is -0.478 e. The third kappa shape index (κ3) is 2.42. The molecule has 0 bridgehead atoms. The van der Waals surface area contributed by atoms with Crippen molar-refractivity contribution in [2.75, 3.05) is 6.61 Å². The molecular formula is C11H14N2O. The lowest BCUT2D eigenvalue weighted by Gasteiger charge is -2.05. The number of benzene rings is 1. The second-order valence-electron chi connectivity index (χ2n) is 2.96. The van der Waals surface area contributed by atoms with E-state index in [1.165, 1.54) is 0 Å². The Labute approximate surface area is 83.7 Å². The van der Waals surface area contributed by atoms with Crippen LogP contribution in [0.2, 0.25) is 0 Å². The summed E-state index contributed by atoms with van der Waals surface area (Å²) in [6.07, 6.45) is 0. The summed E-state index contributed by atoms with van der Waals surface area (Å²) in [5.41, 5.74) is 2.15. The van der Waals surface area contributed by atoms with Crippen molar-refractivity contribution in [3.05, 3.63) is 35.4 Å². The summed E-state index contributed by atoms with van der Waals surface area (Å²) < 4.78 is 5.06. The van der Waals surface area contributed by atoms with Crippen molar-refractivity contribution in [3.63, 3.8) is 0 Å². The van der Waals surface area contributed by atoms with Gasteiger partial charge in [-0.3, -0.25) is 5.41 Å². The van der Waals surface area contributed by atoms with E-state index in [-0.39, 0.29) is 5.90 Å². The van der Waals surface area contributed by atoms with Gasteiger partial charge in [0, 0.05) is 11.3 Å². The molecule has 1 rings (SSSR count). The number of ether oxygens (including phenoxy) is 1. The Bertz CT molecular complexity index is 341. The number of hydrogen-bond donors (Lipinski definition) is 2. The van der Waals surface area contributed by atoms with Gasteiger partial charge in [-0.2, -0.15) is 0 Å². The summed E-state index contributed by atoms with van der Waals surface area (Å²) in [4.78, 5) is 0. The van der Waals surface area contributed by atoms with Crippen LogP contribution in [0.1, 0.15) is 25.0 Å². The molecule has 0 radical (unpaired) electrons. The molecule has 0 saturated carbocycles. The second kappa shape index (κ2) is 4.56. The predicted octanol–water partition coefficient (Wildman–Crippen LogP) is 2.44. The molecule has 3 heteroatoms. The highest BCUT2D eigenvalue weighted by molar-refractivity contribution is 5.98. The molecular weight excluding hydrogens is 176 g/mol. The van der Waals surface area contributed by atoms with E-state index in [1.54, 1.807) is 19.1 Å². The fourth-order valence-electron chi connectivity index (χ4n) is 1.10. The maximum atomic E-state index is 7.53. The Morgan fingerprint density at radius 2 is 1.64 bits per heavy atom. The van der Waals surface area contributed by atoms with Crippen LogP contribution in [-0.4, -0.2) is 18.2 Å². The van der Waals surface area contributed by atoms with E-state index in [0.29, 0.717) is 12.3 Å². The van der Waals surface area contributed by atoms with Gasteiger partial charge in [0.15, 0.2) is 0 Å². The monoisotopic (exact) mass is 190 g/mol. The van der Waals surface area contributed by atoms with Gasteiger partial charge in [-0.05, 0) is 31.5 Å². The standard InChI is InChI=1S/C11H14N2O/c1-3-14-11(13)10-6-4-9(5-7-10)8(2)12/h4-7,12-13H,3H2,1-2H3. The number of hydrogen-bond acceptors (Lipinski definition) is 3. The average Bonchev–Trinajstić information content (AvgIpc) is 2.18. The summed E-state index contributed by atoms with van der Waals surface area (Å²) in [6.45, 7) is 4.09. The zero-order valence-electron chi connectivity index (χ0n) is 8.42. The Hall–Kier alpha value is -1.64. The topological polar surface area (TPSA) is 56.9 Å². The highest BCUT2D eigenvalue weighted by atomic mass is 16.5. The molecule has 3 nitrogen and oxygen atoms in total. The molecule has 1 aromatic carbocycles. The van der Waals surface area contributed by atoms with Gasteiger partial charge in [0.25, 0.3) is 0 Å². The fraction of sp³-hybridized carbons (Fsp3) is 0.273. The molecule has 0 fully saturated rings. The Morgan fingerprint density at radius 3 is 2.07 bits per heavy atom. The normalized spacial score (nSPS) is 9.57. The third-order valence-electron chi connectivity index (χ3n) is 1.87. The number of nitrogens with one attached hydrogen (secondary N) is 2. The molecule has 2 N–H and O–H groups in total. The maximum Gasteiger partial charge on any atom is 0.213 e. The molecule has 0 aliphatic carbocycles. The first-order valence-corrected chi connectivity index (χ1v) is 4.52.